The maximum atomic E-state index is 9.95. The van der Waals surface area contributed by atoms with Gasteiger partial charge in [0, 0.05) is 0 Å². The Kier molecular flexibility index (Phi) is 2.39. The van der Waals surface area contributed by atoms with Gasteiger partial charge in [0.15, 0.2) is 0 Å². The van der Waals surface area contributed by atoms with E-state index in [0.29, 0.717) is 5.76 Å². The Morgan fingerprint density at radius 1 is 1.43 bits per heavy atom. The second-order valence-electron chi connectivity index (χ2n) is 3.15. The van der Waals surface area contributed by atoms with Crippen molar-refractivity contribution in [3.8, 4) is 0 Å². The van der Waals surface area contributed by atoms with Gasteiger partial charge in [0.05, 0.1) is 16.1 Å². The van der Waals surface area contributed by atoms with Crippen LogP contribution in [0.2, 0.25) is 0 Å². The number of aliphatic hydroxyl groups excluding tert-OH is 1. The highest BCUT2D eigenvalue weighted by molar-refractivity contribution is 7.09. The average molecular weight is 209 g/mol. The summed E-state index contributed by atoms with van der Waals surface area (Å²) in [5.74, 6) is 1.39. The van der Waals surface area contributed by atoms with Gasteiger partial charge in [-0.05, 0) is 26.0 Å². The molecule has 2 rings (SSSR count). The number of rotatable bonds is 2. The molecule has 3 nitrogen and oxygen atoms in total. The molecule has 0 amide bonds. The lowest BCUT2D eigenvalue weighted by molar-refractivity contribution is 0.190. The predicted octanol–water partition coefficient (Wildman–Crippen LogP) is 2.43. The topological polar surface area (TPSA) is 46.3 Å². The summed E-state index contributed by atoms with van der Waals surface area (Å²) in [7, 11) is 0. The van der Waals surface area contributed by atoms with E-state index in [0.717, 1.165) is 16.3 Å². The molecule has 0 spiro atoms. The summed E-state index contributed by atoms with van der Waals surface area (Å²) in [6, 6.07) is 3.63. The fourth-order valence-electron chi connectivity index (χ4n) is 1.30. The SMILES string of the molecule is Cc1ccc(C(O)c2scnc2C)o1. The van der Waals surface area contributed by atoms with E-state index in [4.69, 9.17) is 4.42 Å². The van der Waals surface area contributed by atoms with Crippen molar-refractivity contribution in [2.24, 2.45) is 0 Å². The second kappa shape index (κ2) is 3.55. The molecule has 0 radical (unpaired) electrons. The van der Waals surface area contributed by atoms with Crippen LogP contribution in [-0.4, -0.2) is 10.1 Å². The molecule has 2 aromatic rings. The summed E-state index contributed by atoms with van der Waals surface area (Å²) < 4.78 is 5.35. The van der Waals surface area contributed by atoms with Crippen molar-refractivity contribution < 1.29 is 9.52 Å². The predicted molar refractivity (Wildman–Crippen MR) is 54.4 cm³/mol. The molecule has 2 aromatic heterocycles. The summed E-state index contributed by atoms with van der Waals surface area (Å²) in [5.41, 5.74) is 2.58. The van der Waals surface area contributed by atoms with Crippen LogP contribution in [0.1, 0.15) is 28.2 Å². The summed E-state index contributed by atoms with van der Waals surface area (Å²) in [5, 5.41) is 9.95. The molecule has 14 heavy (non-hydrogen) atoms. The first-order valence-corrected chi connectivity index (χ1v) is 5.21. The number of aromatic nitrogens is 1. The molecule has 1 atom stereocenters. The van der Waals surface area contributed by atoms with Crippen LogP contribution in [0.4, 0.5) is 0 Å². The van der Waals surface area contributed by atoms with E-state index in [1.54, 1.807) is 11.6 Å². The number of hydrogen-bond donors (Lipinski definition) is 1. The van der Waals surface area contributed by atoms with E-state index in [2.05, 4.69) is 4.98 Å². The maximum absolute atomic E-state index is 9.95. The highest BCUT2D eigenvalue weighted by Gasteiger charge is 2.17. The molecule has 74 valence electrons. The molecular formula is C10H11NO2S. The Hall–Kier alpha value is -1.13. The van der Waals surface area contributed by atoms with Gasteiger partial charge in [0.25, 0.3) is 0 Å². The number of furan rings is 1. The van der Waals surface area contributed by atoms with Gasteiger partial charge in [-0.3, -0.25) is 0 Å². The van der Waals surface area contributed by atoms with E-state index in [1.807, 2.05) is 19.9 Å². The van der Waals surface area contributed by atoms with Gasteiger partial charge >= 0.3 is 0 Å². The Morgan fingerprint density at radius 3 is 2.71 bits per heavy atom. The largest absolute Gasteiger partial charge is 0.463 e. The molecule has 0 saturated heterocycles. The Morgan fingerprint density at radius 2 is 2.21 bits per heavy atom. The minimum atomic E-state index is -0.684. The number of aliphatic hydroxyl groups is 1. The Labute approximate surface area is 86.0 Å². The normalized spacial score (nSPS) is 13.1. The van der Waals surface area contributed by atoms with Crippen LogP contribution in [0.15, 0.2) is 22.1 Å². The fourth-order valence-corrected chi connectivity index (χ4v) is 2.10. The van der Waals surface area contributed by atoms with Gasteiger partial charge in [-0.15, -0.1) is 11.3 Å². The standard InChI is InChI=1S/C10H11NO2S/c1-6-3-4-8(13-6)9(12)10-7(2)11-5-14-10/h3-5,9,12H,1-2H3. The molecule has 2 heterocycles. The third-order valence-corrected chi connectivity index (χ3v) is 3.05. The number of nitrogens with zero attached hydrogens (tertiary/aromatic N) is 1. The van der Waals surface area contributed by atoms with Crippen molar-refractivity contribution >= 4 is 11.3 Å². The van der Waals surface area contributed by atoms with E-state index in [9.17, 15) is 5.11 Å². The molecule has 4 heteroatoms. The lowest BCUT2D eigenvalue weighted by Gasteiger charge is -2.05. The van der Waals surface area contributed by atoms with Crippen LogP contribution >= 0.6 is 11.3 Å². The maximum Gasteiger partial charge on any atom is 0.148 e. The zero-order valence-electron chi connectivity index (χ0n) is 8.02. The molecular weight excluding hydrogens is 198 g/mol. The van der Waals surface area contributed by atoms with Crippen molar-refractivity contribution in [2.75, 3.05) is 0 Å². The van der Waals surface area contributed by atoms with Gasteiger partial charge in [0.2, 0.25) is 0 Å². The smallest absolute Gasteiger partial charge is 0.148 e. The van der Waals surface area contributed by atoms with Crippen LogP contribution < -0.4 is 0 Å². The first-order valence-electron chi connectivity index (χ1n) is 4.33. The third kappa shape index (κ3) is 1.58. The van der Waals surface area contributed by atoms with Gasteiger partial charge in [-0.25, -0.2) is 4.98 Å². The zero-order valence-corrected chi connectivity index (χ0v) is 8.84. The minimum absolute atomic E-state index is 0.579. The Balaban J connectivity index is 2.33. The highest BCUT2D eigenvalue weighted by Crippen LogP contribution is 2.28. The molecule has 1 unspecified atom stereocenters. The van der Waals surface area contributed by atoms with Crippen LogP contribution in [0, 0.1) is 13.8 Å². The summed E-state index contributed by atoms with van der Waals surface area (Å²) >= 11 is 1.44. The van der Waals surface area contributed by atoms with Crippen molar-refractivity contribution in [3.05, 3.63) is 39.7 Å². The highest BCUT2D eigenvalue weighted by atomic mass is 32.1. The molecule has 0 saturated carbocycles. The summed E-state index contributed by atoms with van der Waals surface area (Å²) in [6.45, 7) is 3.74. The van der Waals surface area contributed by atoms with Crippen LogP contribution in [-0.2, 0) is 0 Å². The van der Waals surface area contributed by atoms with Crippen LogP contribution in [0.3, 0.4) is 0 Å². The van der Waals surface area contributed by atoms with Gasteiger partial charge in [-0.2, -0.15) is 0 Å². The van der Waals surface area contributed by atoms with Crippen LogP contribution in [0.25, 0.3) is 0 Å². The quantitative estimate of drug-likeness (QED) is 0.826. The first kappa shape index (κ1) is 9.43. The molecule has 1 N–H and O–H groups in total. The van der Waals surface area contributed by atoms with Crippen molar-refractivity contribution in [3.63, 3.8) is 0 Å². The first-order chi connectivity index (χ1) is 6.68. The molecule has 0 aromatic carbocycles. The molecule has 0 bridgehead atoms. The van der Waals surface area contributed by atoms with Gasteiger partial charge in [-0.1, -0.05) is 0 Å². The van der Waals surface area contributed by atoms with Crippen molar-refractivity contribution in [1.29, 1.82) is 0 Å². The van der Waals surface area contributed by atoms with Crippen molar-refractivity contribution in [1.82, 2.24) is 4.98 Å². The molecule has 0 aliphatic heterocycles. The lowest BCUT2D eigenvalue weighted by atomic mass is 10.2. The van der Waals surface area contributed by atoms with E-state index in [-0.39, 0.29) is 0 Å². The number of hydrogen-bond acceptors (Lipinski definition) is 4. The monoisotopic (exact) mass is 209 g/mol. The molecule has 0 aliphatic rings. The Bertz CT molecular complexity index is 433. The summed E-state index contributed by atoms with van der Waals surface area (Å²) in [6.07, 6.45) is -0.684. The molecule has 0 aliphatic carbocycles. The lowest BCUT2D eigenvalue weighted by Crippen LogP contribution is -1.97. The fraction of sp³-hybridized carbons (Fsp3) is 0.300. The second-order valence-corrected chi connectivity index (χ2v) is 4.04. The minimum Gasteiger partial charge on any atom is -0.463 e. The summed E-state index contributed by atoms with van der Waals surface area (Å²) in [4.78, 5) is 4.93. The van der Waals surface area contributed by atoms with Crippen molar-refractivity contribution in [2.45, 2.75) is 20.0 Å². The molecule has 0 fully saturated rings. The van der Waals surface area contributed by atoms with E-state index in [1.165, 1.54) is 11.3 Å². The van der Waals surface area contributed by atoms with Gasteiger partial charge in [0.1, 0.15) is 17.6 Å². The number of aryl methyl sites for hydroxylation is 2. The number of thiazole rings is 1. The average Bonchev–Trinajstić information content (AvgIpc) is 2.73. The van der Waals surface area contributed by atoms with E-state index >= 15 is 0 Å². The van der Waals surface area contributed by atoms with E-state index < -0.39 is 6.10 Å². The zero-order chi connectivity index (χ0) is 10.1. The van der Waals surface area contributed by atoms with Crippen LogP contribution in [0.5, 0.6) is 0 Å². The third-order valence-electron chi connectivity index (χ3n) is 2.06. The van der Waals surface area contributed by atoms with Gasteiger partial charge < -0.3 is 9.52 Å².